The summed E-state index contributed by atoms with van der Waals surface area (Å²) in [5.74, 6) is 2.46. The Hall–Kier alpha value is -1.55. The highest BCUT2D eigenvalue weighted by atomic mass is 16.5. The molecular formula is C14H18N2O2. The Morgan fingerprint density at radius 3 is 3.11 bits per heavy atom. The van der Waals surface area contributed by atoms with Crippen molar-refractivity contribution >= 4 is 11.1 Å². The number of benzene rings is 1. The number of nitrogens with zero attached hydrogens (tertiary/aromatic N) is 1. The van der Waals surface area contributed by atoms with Gasteiger partial charge in [-0.05, 0) is 37.4 Å². The molecule has 3 rings (SSSR count). The summed E-state index contributed by atoms with van der Waals surface area (Å²) >= 11 is 0. The fourth-order valence-electron chi connectivity index (χ4n) is 2.91. The van der Waals surface area contributed by atoms with Crippen LogP contribution in [-0.2, 0) is 0 Å². The van der Waals surface area contributed by atoms with E-state index in [-0.39, 0.29) is 0 Å². The molecule has 96 valence electrons. The van der Waals surface area contributed by atoms with Crippen LogP contribution in [0.1, 0.15) is 31.1 Å². The molecule has 2 aromatic rings. The topological polar surface area (TPSA) is 61.3 Å². The highest BCUT2D eigenvalue weighted by Gasteiger charge is 2.31. The molecule has 0 radical (unpaired) electrons. The average molecular weight is 246 g/mol. The Bertz CT molecular complexity index is 550. The van der Waals surface area contributed by atoms with Gasteiger partial charge in [-0.2, -0.15) is 0 Å². The molecule has 1 saturated carbocycles. The van der Waals surface area contributed by atoms with Gasteiger partial charge in [0.05, 0.1) is 7.11 Å². The lowest BCUT2D eigenvalue weighted by Crippen LogP contribution is -2.17. The molecule has 4 nitrogen and oxygen atoms in total. The maximum absolute atomic E-state index is 5.88. The second-order valence-electron chi connectivity index (χ2n) is 4.89. The van der Waals surface area contributed by atoms with Crippen LogP contribution in [0.2, 0.25) is 0 Å². The van der Waals surface area contributed by atoms with Crippen LogP contribution >= 0.6 is 0 Å². The molecule has 4 heteroatoms. The molecule has 18 heavy (non-hydrogen) atoms. The van der Waals surface area contributed by atoms with Crippen molar-refractivity contribution in [3.63, 3.8) is 0 Å². The number of oxazole rings is 1. The number of aromatic nitrogens is 1. The standard InChI is InChI=1S/C14H18N2O2/c1-17-11-6-3-7-12-13(11)16-14(18-12)10-5-2-4-9(10)8-15/h3,6-7,9-10H,2,4-5,8,15H2,1H3. The van der Waals surface area contributed by atoms with Crippen molar-refractivity contribution < 1.29 is 9.15 Å². The van der Waals surface area contributed by atoms with Gasteiger partial charge >= 0.3 is 0 Å². The van der Waals surface area contributed by atoms with Crippen molar-refractivity contribution in [3.05, 3.63) is 24.1 Å². The predicted octanol–water partition coefficient (Wildman–Crippen LogP) is 2.68. The van der Waals surface area contributed by atoms with Crippen LogP contribution in [0.4, 0.5) is 0 Å². The van der Waals surface area contributed by atoms with Gasteiger partial charge in [-0.1, -0.05) is 12.5 Å². The fourth-order valence-corrected chi connectivity index (χ4v) is 2.91. The molecule has 0 bridgehead atoms. The minimum absolute atomic E-state index is 0.368. The van der Waals surface area contributed by atoms with Crippen molar-refractivity contribution in [1.29, 1.82) is 0 Å². The van der Waals surface area contributed by atoms with E-state index in [0.29, 0.717) is 18.4 Å². The number of hydrogen-bond donors (Lipinski definition) is 1. The zero-order valence-electron chi connectivity index (χ0n) is 10.6. The number of fused-ring (bicyclic) bond motifs is 1. The van der Waals surface area contributed by atoms with Gasteiger partial charge in [0.1, 0.15) is 5.75 Å². The minimum atomic E-state index is 0.368. The minimum Gasteiger partial charge on any atom is -0.494 e. The molecule has 1 aliphatic rings. The Labute approximate surface area is 106 Å². The lowest BCUT2D eigenvalue weighted by Gasteiger charge is -2.13. The Balaban J connectivity index is 2.03. The summed E-state index contributed by atoms with van der Waals surface area (Å²) in [6, 6.07) is 5.76. The summed E-state index contributed by atoms with van der Waals surface area (Å²) in [7, 11) is 1.65. The first-order chi connectivity index (χ1) is 8.83. The zero-order valence-corrected chi connectivity index (χ0v) is 10.6. The maximum Gasteiger partial charge on any atom is 0.199 e. The number of para-hydroxylation sites is 1. The molecule has 1 aromatic carbocycles. The second kappa shape index (κ2) is 4.61. The van der Waals surface area contributed by atoms with E-state index in [4.69, 9.17) is 14.9 Å². The molecule has 1 aromatic heterocycles. The molecule has 2 unspecified atom stereocenters. The van der Waals surface area contributed by atoms with E-state index in [1.807, 2.05) is 18.2 Å². The number of methoxy groups -OCH3 is 1. The number of ether oxygens (including phenoxy) is 1. The first-order valence-corrected chi connectivity index (χ1v) is 6.47. The van der Waals surface area contributed by atoms with E-state index in [9.17, 15) is 0 Å². The number of nitrogens with two attached hydrogens (primary N) is 1. The van der Waals surface area contributed by atoms with Crippen LogP contribution in [-0.4, -0.2) is 18.6 Å². The van der Waals surface area contributed by atoms with E-state index in [0.717, 1.165) is 29.2 Å². The van der Waals surface area contributed by atoms with Gasteiger partial charge in [0.25, 0.3) is 0 Å². The fraction of sp³-hybridized carbons (Fsp3) is 0.500. The summed E-state index contributed by atoms with van der Waals surface area (Å²) in [6.07, 6.45) is 3.51. The van der Waals surface area contributed by atoms with Crippen molar-refractivity contribution in [3.8, 4) is 5.75 Å². The normalized spacial score (nSPS) is 23.7. The SMILES string of the molecule is COc1cccc2oc(C3CCCC3CN)nc12. The molecule has 0 amide bonds. The quantitative estimate of drug-likeness (QED) is 0.904. The van der Waals surface area contributed by atoms with Gasteiger partial charge in [0.15, 0.2) is 17.0 Å². The first kappa shape index (κ1) is 11.5. The van der Waals surface area contributed by atoms with Gasteiger partial charge in [0, 0.05) is 5.92 Å². The van der Waals surface area contributed by atoms with Crippen molar-refractivity contribution in [2.24, 2.45) is 11.7 Å². The smallest absolute Gasteiger partial charge is 0.199 e. The lowest BCUT2D eigenvalue weighted by molar-refractivity contribution is 0.401. The predicted molar refractivity (Wildman–Crippen MR) is 69.7 cm³/mol. The van der Waals surface area contributed by atoms with Gasteiger partial charge in [-0.3, -0.25) is 0 Å². The summed E-state index contributed by atoms with van der Waals surface area (Å²) in [6.45, 7) is 0.709. The third kappa shape index (κ3) is 1.77. The third-order valence-corrected chi connectivity index (χ3v) is 3.90. The Morgan fingerprint density at radius 2 is 2.33 bits per heavy atom. The largest absolute Gasteiger partial charge is 0.494 e. The van der Waals surface area contributed by atoms with E-state index >= 15 is 0 Å². The summed E-state index contributed by atoms with van der Waals surface area (Å²) in [5.41, 5.74) is 7.43. The third-order valence-electron chi connectivity index (χ3n) is 3.90. The van der Waals surface area contributed by atoms with Gasteiger partial charge in [-0.25, -0.2) is 4.98 Å². The van der Waals surface area contributed by atoms with Gasteiger partial charge in [0.2, 0.25) is 0 Å². The van der Waals surface area contributed by atoms with Crippen LogP contribution in [0, 0.1) is 5.92 Å². The Kier molecular flexibility index (Phi) is 2.96. The van der Waals surface area contributed by atoms with Crippen LogP contribution in [0.3, 0.4) is 0 Å². The molecule has 0 aliphatic heterocycles. The van der Waals surface area contributed by atoms with Crippen molar-refractivity contribution in [2.75, 3.05) is 13.7 Å². The molecule has 0 spiro atoms. The highest BCUT2D eigenvalue weighted by molar-refractivity contribution is 5.79. The monoisotopic (exact) mass is 246 g/mol. The van der Waals surface area contributed by atoms with E-state index in [2.05, 4.69) is 4.98 Å². The van der Waals surface area contributed by atoms with Crippen LogP contribution in [0.15, 0.2) is 22.6 Å². The summed E-state index contributed by atoms with van der Waals surface area (Å²) < 4.78 is 11.2. The molecule has 1 fully saturated rings. The van der Waals surface area contributed by atoms with Gasteiger partial charge < -0.3 is 14.9 Å². The van der Waals surface area contributed by atoms with E-state index < -0.39 is 0 Å². The zero-order chi connectivity index (χ0) is 12.5. The summed E-state index contributed by atoms with van der Waals surface area (Å²) in [4.78, 5) is 4.62. The van der Waals surface area contributed by atoms with Crippen LogP contribution < -0.4 is 10.5 Å². The molecule has 0 saturated heterocycles. The van der Waals surface area contributed by atoms with Crippen molar-refractivity contribution in [1.82, 2.24) is 4.98 Å². The van der Waals surface area contributed by atoms with Gasteiger partial charge in [-0.15, -0.1) is 0 Å². The molecule has 2 N–H and O–H groups in total. The first-order valence-electron chi connectivity index (χ1n) is 6.47. The average Bonchev–Trinajstić information content (AvgIpc) is 3.03. The molecule has 2 atom stereocenters. The molecular weight excluding hydrogens is 228 g/mol. The lowest BCUT2D eigenvalue weighted by atomic mass is 9.96. The number of rotatable bonds is 3. The Morgan fingerprint density at radius 1 is 1.44 bits per heavy atom. The maximum atomic E-state index is 5.88. The second-order valence-corrected chi connectivity index (χ2v) is 4.89. The van der Waals surface area contributed by atoms with E-state index in [1.165, 1.54) is 12.8 Å². The van der Waals surface area contributed by atoms with E-state index in [1.54, 1.807) is 7.11 Å². The highest BCUT2D eigenvalue weighted by Crippen LogP contribution is 2.40. The molecule has 1 aliphatic carbocycles. The van der Waals surface area contributed by atoms with Crippen LogP contribution in [0.25, 0.3) is 11.1 Å². The summed E-state index contributed by atoms with van der Waals surface area (Å²) in [5, 5.41) is 0. The molecule has 1 heterocycles. The van der Waals surface area contributed by atoms with Crippen LogP contribution in [0.5, 0.6) is 5.75 Å². The van der Waals surface area contributed by atoms with Crippen molar-refractivity contribution in [2.45, 2.75) is 25.2 Å². The number of hydrogen-bond acceptors (Lipinski definition) is 4.